The highest BCUT2D eigenvalue weighted by molar-refractivity contribution is 5.99. The first-order valence-corrected chi connectivity index (χ1v) is 11.8. The molecule has 182 valence electrons. The minimum absolute atomic E-state index is 0.140. The Hall–Kier alpha value is -3.56. The SMILES string of the molecule is CC(C)(O)c1cc(Nc2nc(Nc3ccc4c(c3)CNCC4)ncc2C(=O)NC2CC2)ccc1F. The molecule has 2 heterocycles. The van der Waals surface area contributed by atoms with E-state index in [4.69, 9.17) is 0 Å². The van der Waals surface area contributed by atoms with Crippen LogP contribution in [0.25, 0.3) is 0 Å². The summed E-state index contributed by atoms with van der Waals surface area (Å²) in [4.78, 5) is 21.8. The third-order valence-corrected chi connectivity index (χ3v) is 6.18. The predicted octanol–water partition coefficient (Wildman–Crippen LogP) is 3.87. The Bertz CT molecular complexity index is 1270. The summed E-state index contributed by atoms with van der Waals surface area (Å²) in [5, 5.41) is 23.0. The molecule has 1 amide bonds. The maximum Gasteiger partial charge on any atom is 0.256 e. The number of hydrogen-bond acceptors (Lipinski definition) is 7. The van der Waals surface area contributed by atoms with Gasteiger partial charge in [0.15, 0.2) is 0 Å². The molecule has 1 aliphatic carbocycles. The van der Waals surface area contributed by atoms with E-state index >= 15 is 0 Å². The van der Waals surface area contributed by atoms with E-state index in [0.29, 0.717) is 11.6 Å². The first-order chi connectivity index (χ1) is 16.8. The summed E-state index contributed by atoms with van der Waals surface area (Å²) in [6.07, 6.45) is 4.38. The molecular formula is C26H29FN6O2. The summed E-state index contributed by atoms with van der Waals surface area (Å²) < 4.78 is 14.3. The number of aliphatic hydroxyl groups is 1. The molecular weight excluding hydrogens is 447 g/mol. The fourth-order valence-corrected chi connectivity index (χ4v) is 4.09. The van der Waals surface area contributed by atoms with Crippen molar-refractivity contribution in [1.29, 1.82) is 0 Å². The maximum atomic E-state index is 14.3. The van der Waals surface area contributed by atoms with Crippen molar-refractivity contribution in [2.45, 2.75) is 51.3 Å². The van der Waals surface area contributed by atoms with Gasteiger partial charge in [-0.1, -0.05) is 6.07 Å². The van der Waals surface area contributed by atoms with Gasteiger partial charge >= 0.3 is 0 Å². The Labute approximate surface area is 203 Å². The number of amides is 1. The lowest BCUT2D eigenvalue weighted by Crippen LogP contribution is -2.26. The molecule has 0 saturated heterocycles. The molecule has 5 rings (SSSR count). The van der Waals surface area contributed by atoms with Gasteiger partial charge in [0.05, 0.1) is 5.60 Å². The number of benzene rings is 2. The van der Waals surface area contributed by atoms with Crippen LogP contribution in [0.5, 0.6) is 0 Å². The Morgan fingerprint density at radius 1 is 1.11 bits per heavy atom. The van der Waals surface area contributed by atoms with Crippen LogP contribution in [0.1, 0.15) is 53.7 Å². The van der Waals surface area contributed by atoms with Gasteiger partial charge in [-0.15, -0.1) is 0 Å². The number of carbonyl (C=O) groups excluding carboxylic acids is 1. The summed E-state index contributed by atoms with van der Waals surface area (Å²) in [6.45, 7) is 4.82. The topological polar surface area (TPSA) is 111 Å². The lowest BCUT2D eigenvalue weighted by Gasteiger charge is -2.20. The molecule has 2 aliphatic rings. The van der Waals surface area contributed by atoms with Gasteiger partial charge < -0.3 is 26.4 Å². The fourth-order valence-electron chi connectivity index (χ4n) is 4.09. The summed E-state index contributed by atoms with van der Waals surface area (Å²) in [5.41, 5.74) is 2.95. The molecule has 3 aromatic rings. The van der Waals surface area contributed by atoms with E-state index in [1.54, 1.807) is 6.07 Å². The van der Waals surface area contributed by atoms with Crippen molar-refractivity contribution in [3.05, 3.63) is 70.7 Å². The zero-order chi connectivity index (χ0) is 24.6. The molecule has 8 nitrogen and oxygen atoms in total. The number of aromatic nitrogens is 2. The van der Waals surface area contributed by atoms with Gasteiger partial charge in [0, 0.05) is 35.7 Å². The lowest BCUT2D eigenvalue weighted by molar-refractivity contribution is 0.0746. The third-order valence-electron chi connectivity index (χ3n) is 6.18. The van der Waals surface area contributed by atoms with E-state index in [9.17, 15) is 14.3 Å². The predicted molar refractivity (Wildman–Crippen MR) is 133 cm³/mol. The molecule has 1 aliphatic heterocycles. The van der Waals surface area contributed by atoms with Crippen LogP contribution in [-0.4, -0.2) is 33.6 Å². The number of carbonyl (C=O) groups is 1. The van der Waals surface area contributed by atoms with Crippen molar-refractivity contribution in [3.63, 3.8) is 0 Å². The van der Waals surface area contributed by atoms with Crippen LogP contribution < -0.4 is 21.3 Å². The number of halogens is 1. The number of fused-ring (bicyclic) bond motifs is 1. The summed E-state index contributed by atoms with van der Waals surface area (Å²) in [5.74, 6) is -0.175. The molecule has 1 saturated carbocycles. The number of rotatable bonds is 7. The Morgan fingerprint density at radius 2 is 1.89 bits per heavy atom. The van der Waals surface area contributed by atoms with E-state index in [1.165, 1.54) is 43.3 Å². The summed E-state index contributed by atoms with van der Waals surface area (Å²) in [7, 11) is 0. The standard InChI is InChI=1S/C26H29FN6O2/c1-26(2,35)21-12-19(7-8-22(21)27)30-23-20(24(34)31-17-5-6-17)14-29-25(33-23)32-18-4-3-15-9-10-28-13-16(15)11-18/h3-4,7-8,11-12,14,17,28,35H,5-6,9-10,13H2,1-2H3,(H,31,34)(H2,29,30,32,33). The number of hydrogen-bond donors (Lipinski definition) is 5. The average Bonchev–Trinajstić information content (AvgIpc) is 3.63. The second kappa shape index (κ2) is 9.24. The van der Waals surface area contributed by atoms with Crippen LogP contribution in [-0.2, 0) is 18.6 Å². The van der Waals surface area contributed by atoms with Crippen molar-refractivity contribution in [1.82, 2.24) is 20.6 Å². The van der Waals surface area contributed by atoms with Crippen LogP contribution >= 0.6 is 0 Å². The van der Waals surface area contributed by atoms with Crippen molar-refractivity contribution in [3.8, 4) is 0 Å². The van der Waals surface area contributed by atoms with Gasteiger partial charge in [-0.25, -0.2) is 9.37 Å². The zero-order valence-electron chi connectivity index (χ0n) is 19.8. The fraction of sp³-hybridized carbons (Fsp3) is 0.346. The van der Waals surface area contributed by atoms with Crippen molar-refractivity contribution in [2.75, 3.05) is 17.2 Å². The smallest absolute Gasteiger partial charge is 0.256 e. The second-order valence-electron chi connectivity index (χ2n) is 9.62. The van der Waals surface area contributed by atoms with Crippen LogP contribution in [0.4, 0.5) is 27.5 Å². The normalized spacial score (nSPS) is 15.3. The van der Waals surface area contributed by atoms with E-state index in [-0.39, 0.29) is 28.9 Å². The quantitative estimate of drug-likeness (QED) is 0.352. The summed E-state index contributed by atoms with van der Waals surface area (Å²) in [6, 6.07) is 10.7. The molecule has 0 radical (unpaired) electrons. The monoisotopic (exact) mass is 476 g/mol. The first kappa shape index (κ1) is 23.2. The zero-order valence-corrected chi connectivity index (χ0v) is 19.8. The Morgan fingerprint density at radius 3 is 2.66 bits per heavy atom. The molecule has 0 spiro atoms. The Balaban J connectivity index is 1.45. The van der Waals surface area contributed by atoms with Gasteiger partial charge in [-0.2, -0.15) is 4.98 Å². The average molecular weight is 477 g/mol. The summed E-state index contributed by atoms with van der Waals surface area (Å²) >= 11 is 0. The minimum Gasteiger partial charge on any atom is -0.386 e. The molecule has 1 aromatic heterocycles. The maximum absolute atomic E-state index is 14.3. The Kier molecular flexibility index (Phi) is 6.12. The third kappa shape index (κ3) is 5.41. The van der Waals surface area contributed by atoms with Crippen LogP contribution in [0.3, 0.4) is 0 Å². The lowest BCUT2D eigenvalue weighted by atomic mass is 9.97. The first-order valence-electron chi connectivity index (χ1n) is 11.8. The van der Waals surface area contributed by atoms with E-state index in [1.807, 2.05) is 6.07 Å². The highest BCUT2D eigenvalue weighted by atomic mass is 19.1. The van der Waals surface area contributed by atoms with Crippen molar-refractivity contribution in [2.24, 2.45) is 0 Å². The molecule has 5 N–H and O–H groups in total. The van der Waals surface area contributed by atoms with Crippen molar-refractivity contribution < 1.29 is 14.3 Å². The highest BCUT2D eigenvalue weighted by Crippen LogP contribution is 2.29. The second-order valence-corrected chi connectivity index (χ2v) is 9.62. The van der Waals surface area contributed by atoms with Crippen LogP contribution in [0.15, 0.2) is 42.6 Å². The minimum atomic E-state index is -1.37. The van der Waals surface area contributed by atoms with E-state index in [0.717, 1.165) is 38.0 Å². The number of anilines is 4. The highest BCUT2D eigenvalue weighted by Gasteiger charge is 2.26. The molecule has 0 atom stereocenters. The van der Waals surface area contributed by atoms with Gasteiger partial charge in [0.1, 0.15) is 17.2 Å². The molecule has 35 heavy (non-hydrogen) atoms. The largest absolute Gasteiger partial charge is 0.386 e. The van der Waals surface area contributed by atoms with Gasteiger partial charge in [-0.05, 0) is 81.1 Å². The molecule has 0 bridgehead atoms. The van der Waals surface area contributed by atoms with Gasteiger partial charge in [-0.3, -0.25) is 4.79 Å². The molecule has 9 heteroatoms. The van der Waals surface area contributed by atoms with Crippen molar-refractivity contribution >= 4 is 29.0 Å². The molecule has 2 aromatic carbocycles. The van der Waals surface area contributed by atoms with Crippen LogP contribution in [0.2, 0.25) is 0 Å². The number of nitrogens with one attached hydrogen (secondary N) is 4. The number of nitrogens with zero attached hydrogens (tertiary/aromatic N) is 2. The van der Waals surface area contributed by atoms with Crippen LogP contribution in [0, 0.1) is 5.82 Å². The van der Waals surface area contributed by atoms with Gasteiger partial charge in [0.2, 0.25) is 5.95 Å². The van der Waals surface area contributed by atoms with Gasteiger partial charge in [0.25, 0.3) is 5.91 Å². The molecule has 1 fully saturated rings. The molecule has 0 unspecified atom stereocenters. The van der Waals surface area contributed by atoms with E-state index < -0.39 is 11.4 Å². The van der Waals surface area contributed by atoms with E-state index in [2.05, 4.69) is 43.4 Å².